The average molecular weight is 277 g/mol. The van der Waals surface area contributed by atoms with E-state index in [-0.39, 0.29) is 12.2 Å². The Kier molecular flexibility index (Phi) is 5.86. The zero-order valence-electron chi connectivity index (χ0n) is 12.9. The summed E-state index contributed by atoms with van der Waals surface area (Å²) in [6.07, 6.45) is 3.73. The molecule has 3 heteroatoms. The number of benzene rings is 1. The van der Waals surface area contributed by atoms with E-state index in [2.05, 4.69) is 44.3 Å². The van der Waals surface area contributed by atoms with Gasteiger partial charge in [0.2, 0.25) is 0 Å². The third-order valence-electron chi connectivity index (χ3n) is 3.57. The van der Waals surface area contributed by atoms with Crippen molar-refractivity contribution in [3.63, 3.8) is 0 Å². The van der Waals surface area contributed by atoms with E-state index in [1.165, 1.54) is 12.0 Å². The molecule has 0 amide bonds. The minimum Gasteiger partial charge on any atom is -0.491 e. The van der Waals surface area contributed by atoms with Crippen LogP contribution < -0.4 is 10.1 Å². The van der Waals surface area contributed by atoms with E-state index >= 15 is 0 Å². The summed E-state index contributed by atoms with van der Waals surface area (Å²) < 4.78 is 11.7. The van der Waals surface area contributed by atoms with Crippen molar-refractivity contribution in [3.8, 4) is 5.75 Å². The highest BCUT2D eigenvalue weighted by Gasteiger charge is 2.23. The highest BCUT2D eigenvalue weighted by Crippen LogP contribution is 2.30. The number of hydrogen-bond acceptors (Lipinski definition) is 3. The zero-order chi connectivity index (χ0) is 14.4. The molecule has 3 nitrogen and oxygen atoms in total. The molecule has 2 rings (SSSR count). The molecule has 2 unspecified atom stereocenters. The van der Waals surface area contributed by atoms with Crippen LogP contribution in [0.25, 0.3) is 0 Å². The van der Waals surface area contributed by atoms with Crippen LogP contribution >= 0.6 is 0 Å². The van der Waals surface area contributed by atoms with E-state index in [0.717, 1.165) is 31.7 Å². The number of hydrogen-bond donors (Lipinski definition) is 1. The predicted octanol–water partition coefficient (Wildman–Crippen LogP) is 3.69. The maximum atomic E-state index is 5.94. The fraction of sp³-hybridized carbons (Fsp3) is 0.647. The normalized spacial score (nSPS) is 23.0. The first-order valence-electron chi connectivity index (χ1n) is 7.80. The molecule has 0 saturated carbocycles. The Bertz CT molecular complexity index is 406. The third kappa shape index (κ3) is 4.50. The van der Waals surface area contributed by atoms with E-state index in [4.69, 9.17) is 9.47 Å². The highest BCUT2D eigenvalue weighted by atomic mass is 16.5. The van der Waals surface area contributed by atoms with Crippen molar-refractivity contribution < 1.29 is 9.47 Å². The van der Waals surface area contributed by atoms with E-state index in [9.17, 15) is 0 Å². The maximum Gasteiger partial charge on any atom is 0.120 e. The average Bonchev–Trinajstić information content (AvgIpc) is 2.45. The van der Waals surface area contributed by atoms with Gasteiger partial charge in [0.05, 0.1) is 12.2 Å². The van der Waals surface area contributed by atoms with Crippen molar-refractivity contribution in [2.24, 2.45) is 0 Å². The molecule has 1 saturated heterocycles. The molecule has 1 aromatic carbocycles. The van der Waals surface area contributed by atoms with Crippen LogP contribution in [0.2, 0.25) is 0 Å². The first-order chi connectivity index (χ1) is 9.69. The maximum absolute atomic E-state index is 5.94. The van der Waals surface area contributed by atoms with Crippen molar-refractivity contribution in [2.75, 3.05) is 13.2 Å². The Morgan fingerprint density at radius 2 is 2.25 bits per heavy atom. The molecule has 112 valence electrons. The minimum atomic E-state index is 0.189. The van der Waals surface area contributed by atoms with Crippen molar-refractivity contribution in [2.45, 2.75) is 58.3 Å². The molecule has 0 spiro atoms. The molecule has 0 aliphatic carbocycles. The van der Waals surface area contributed by atoms with Gasteiger partial charge in [-0.3, -0.25) is 0 Å². The standard InChI is InChI=1S/C17H27NO2/c1-4-9-18-15-8-10-19-17(12-15)14-6-5-7-16(11-14)20-13(2)3/h5-7,11,13,15,17-18H,4,8-10,12H2,1-3H3. The summed E-state index contributed by atoms with van der Waals surface area (Å²) >= 11 is 0. The zero-order valence-corrected chi connectivity index (χ0v) is 12.9. The third-order valence-corrected chi connectivity index (χ3v) is 3.57. The molecule has 0 radical (unpaired) electrons. The van der Waals surface area contributed by atoms with Gasteiger partial charge in [0.15, 0.2) is 0 Å². The number of ether oxygens (including phenoxy) is 2. The van der Waals surface area contributed by atoms with Gasteiger partial charge in [-0.05, 0) is 57.4 Å². The Labute approximate surface area is 122 Å². The molecule has 1 aliphatic heterocycles. The molecule has 1 aromatic rings. The fourth-order valence-electron chi connectivity index (χ4n) is 2.62. The Balaban J connectivity index is 1.99. The lowest BCUT2D eigenvalue weighted by molar-refractivity contribution is 0.000194. The summed E-state index contributed by atoms with van der Waals surface area (Å²) in [7, 11) is 0. The van der Waals surface area contributed by atoms with Gasteiger partial charge in [0, 0.05) is 12.6 Å². The smallest absolute Gasteiger partial charge is 0.120 e. The largest absolute Gasteiger partial charge is 0.491 e. The fourth-order valence-corrected chi connectivity index (χ4v) is 2.62. The van der Waals surface area contributed by atoms with Gasteiger partial charge in [-0.2, -0.15) is 0 Å². The van der Waals surface area contributed by atoms with Crippen LogP contribution in [0.15, 0.2) is 24.3 Å². The van der Waals surface area contributed by atoms with Gasteiger partial charge in [-0.25, -0.2) is 0 Å². The second kappa shape index (κ2) is 7.65. The summed E-state index contributed by atoms with van der Waals surface area (Å²) in [5.41, 5.74) is 1.23. The molecule has 2 atom stereocenters. The lowest BCUT2D eigenvalue weighted by Gasteiger charge is -2.30. The van der Waals surface area contributed by atoms with Crippen molar-refractivity contribution in [1.29, 1.82) is 0 Å². The van der Waals surface area contributed by atoms with E-state index in [0.29, 0.717) is 6.04 Å². The molecule has 0 aromatic heterocycles. The van der Waals surface area contributed by atoms with Crippen LogP contribution in [-0.2, 0) is 4.74 Å². The first-order valence-corrected chi connectivity index (χ1v) is 7.80. The molecule has 1 aliphatic rings. The molecule has 20 heavy (non-hydrogen) atoms. The van der Waals surface area contributed by atoms with Crippen molar-refractivity contribution >= 4 is 0 Å². The van der Waals surface area contributed by atoms with Crippen LogP contribution in [0.1, 0.15) is 51.7 Å². The van der Waals surface area contributed by atoms with Gasteiger partial charge in [-0.15, -0.1) is 0 Å². The van der Waals surface area contributed by atoms with Crippen LogP contribution in [0, 0.1) is 0 Å². The minimum absolute atomic E-state index is 0.189. The lowest BCUT2D eigenvalue weighted by Crippen LogP contribution is -2.36. The summed E-state index contributed by atoms with van der Waals surface area (Å²) in [5.74, 6) is 0.935. The van der Waals surface area contributed by atoms with Crippen LogP contribution in [0.5, 0.6) is 5.75 Å². The van der Waals surface area contributed by atoms with Crippen LogP contribution in [0.3, 0.4) is 0 Å². The van der Waals surface area contributed by atoms with Gasteiger partial charge in [-0.1, -0.05) is 19.1 Å². The lowest BCUT2D eigenvalue weighted by atomic mass is 9.97. The molecule has 1 heterocycles. The van der Waals surface area contributed by atoms with Crippen LogP contribution in [0.4, 0.5) is 0 Å². The summed E-state index contributed by atoms with van der Waals surface area (Å²) in [5, 5.41) is 3.61. The first kappa shape index (κ1) is 15.3. The molecule has 1 fully saturated rings. The Hall–Kier alpha value is -1.06. The van der Waals surface area contributed by atoms with Crippen LogP contribution in [-0.4, -0.2) is 25.3 Å². The molecule has 0 bridgehead atoms. The Morgan fingerprint density at radius 1 is 1.40 bits per heavy atom. The second-order valence-electron chi connectivity index (χ2n) is 5.77. The summed E-state index contributed by atoms with van der Waals surface area (Å²) in [6.45, 7) is 8.23. The SMILES string of the molecule is CCCNC1CCOC(c2cccc(OC(C)C)c2)C1. The summed E-state index contributed by atoms with van der Waals surface area (Å²) in [6, 6.07) is 8.90. The summed E-state index contributed by atoms with van der Waals surface area (Å²) in [4.78, 5) is 0. The second-order valence-corrected chi connectivity index (χ2v) is 5.77. The van der Waals surface area contributed by atoms with Crippen molar-refractivity contribution in [1.82, 2.24) is 5.32 Å². The molecule has 1 N–H and O–H groups in total. The van der Waals surface area contributed by atoms with Gasteiger partial charge in [0.1, 0.15) is 5.75 Å². The molecular weight excluding hydrogens is 250 g/mol. The quantitative estimate of drug-likeness (QED) is 0.860. The monoisotopic (exact) mass is 277 g/mol. The number of rotatable bonds is 6. The number of nitrogens with one attached hydrogen (secondary N) is 1. The Morgan fingerprint density at radius 3 is 3.00 bits per heavy atom. The van der Waals surface area contributed by atoms with E-state index < -0.39 is 0 Å². The highest BCUT2D eigenvalue weighted by molar-refractivity contribution is 5.30. The predicted molar refractivity (Wildman–Crippen MR) is 82.2 cm³/mol. The van der Waals surface area contributed by atoms with E-state index in [1.54, 1.807) is 0 Å². The molecular formula is C17H27NO2. The topological polar surface area (TPSA) is 30.5 Å². The van der Waals surface area contributed by atoms with E-state index in [1.807, 2.05) is 6.07 Å². The van der Waals surface area contributed by atoms with Gasteiger partial charge >= 0.3 is 0 Å². The van der Waals surface area contributed by atoms with Gasteiger partial charge < -0.3 is 14.8 Å². The van der Waals surface area contributed by atoms with Crippen molar-refractivity contribution in [3.05, 3.63) is 29.8 Å². The van der Waals surface area contributed by atoms with Gasteiger partial charge in [0.25, 0.3) is 0 Å².